The molecular formula is C20H22FN3O6S. The minimum atomic E-state index is -4.06. The van der Waals surface area contributed by atoms with Crippen LogP contribution in [0.2, 0.25) is 0 Å². The van der Waals surface area contributed by atoms with E-state index in [-0.39, 0.29) is 22.1 Å². The first-order valence-electron chi connectivity index (χ1n) is 9.20. The third-order valence-corrected chi connectivity index (χ3v) is 5.11. The van der Waals surface area contributed by atoms with Crippen LogP contribution in [0.5, 0.6) is 0 Å². The summed E-state index contributed by atoms with van der Waals surface area (Å²) >= 11 is 0. The molecule has 0 aliphatic rings. The van der Waals surface area contributed by atoms with E-state index in [4.69, 9.17) is 4.74 Å². The summed E-state index contributed by atoms with van der Waals surface area (Å²) in [6.07, 6.45) is 0. The summed E-state index contributed by atoms with van der Waals surface area (Å²) in [5, 5.41) is 4.48. The first-order valence-corrected chi connectivity index (χ1v) is 10.7. The van der Waals surface area contributed by atoms with Crippen molar-refractivity contribution >= 4 is 33.6 Å². The van der Waals surface area contributed by atoms with Crippen molar-refractivity contribution in [2.24, 2.45) is 5.92 Å². The smallest absolute Gasteiger partial charge is 0.338 e. The first-order chi connectivity index (χ1) is 14.6. The zero-order valence-corrected chi connectivity index (χ0v) is 17.7. The molecule has 3 amide bonds. The van der Waals surface area contributed by atoms with Gasteiger partial charge in [0.1, 0.15) is 5.82 Å². The molecule has 0 aliphatic heterocycles. The van der Waals surface area contributed by atoms with Crippen LogP contribution in [-0.4, -0.2) is 39.5 Å². The van der Waals surface area contributed by atoms with Gasteiger partial charge in [-0.25, -0.2) is 22.4 Å². The van der Waals surface area contributed by atoms with Crippen LogP contribution in [0.15, 0.2) is 53.4 Å². The fourth-order valence-electron chi connectivity index (χ4n) is 2.24. The maximum Gasteiger partial charge on any atom is 0.338 e. The number of ether oxygens (including phenoxy) is 1. The number of nitrogens with one attached hydrogen (secondary N) is 3. The van der Waals surface area contributed by atoms with Crippen molar-refractivity contribution in [1.29, 1.82) is 0 Å². The number of anilines is 1. The van der Waals surface area contributed by atoms with Gasteiger partial charge in [0, 0.05) is 12.2 Å². The minimum Gasteiger partial charge on any atom is -0.452 e. The number of hydrogen-bond donors (Lipinski definition) is 3. The third kappa shape index (κ3) is 7.70. The molecule has 0 unspecified atom stereocenters. The summed E-state index contributed by atoms with van der Waals surface area (Å²) in [6.45, 7) is 3.41. The third-order valence-electron chi connectivity index (χ3n) is 3.73. The Kier molecular flexibility index (Phi) is 8.08. The topological polar surface area (TPSA) is 131 Å². The number of sulfonamides is 1. The van der Waals surface area contributed by atoms with E-state index < -0.39 is 40.4 Å². The number of benzene rings is 2. The van der Waals surface area contributed by atoms with Crippen molar-refractivity contribution in [3.63, 3.8) is 0 Å². The van der Waals surface area contributed by atoms with E-state index >= 15 is 0 Å². The monoisotopic (exact) mass is 451 g/mol. The number of amides is 3. The van der Waals surface area contributed by atoms with Crippen molar-refractivity contribution < 1.29 is 31.9 Å². The van der Waals surface area contributed by atoms with E-state index in [2.05, 4.69) is 10.0 Å². The second-order valence-corrected chi connectivity index (χ2v) is 8.55. The number of carbonyl (C=O) groups excluding carboxylic acids is 3. The van der Waals surface area contributed by atoms with E-state index in [0.717, 1.165) is 18.2 Å². The van der Waals surface area contributed by atoms with Crippen LogP contribution in [0, 0.1) is 11.7 Å². The largest absolute Gasteiger partial charge is 0.452 e. The Hall–Kier alpha value is -3.47. The molecule has 0 fully saturated rings. The highest BCUT2D eigenvalue weighted by Gasteiger charge is 2.18. The van der Waals surface area contributed by atoms with E-state index in [9.17, 15) is 27.2 Å². The van der Waals surface area contributed by atoms with Crippen molar-refractivity contribution in [2.45, 2.75) is 18.7 Å². The number of carbonyl (C=O) groups is 3. The number of urea groups is 1. The average molecular weight is 451 g/mol. The second kappa shape index (κ2) is 10.5. The van der Waals surface area contributed by atoms with Crippen LogP contribution < -0.4 is 15.4 Å². The maximum absolute atomic E-state index is 13.0. The Morgan fingerprint density at radius 1 is 1.06 bits per heavy atom. The van der Waals surface area contributed by atoms with Gasteiger partial charge in [-0.2, -0.15) is 0 Å². The average Bonchev–Trinajstić information content (AvgIpc) is 2.72. The molecule has 3 N–H and O–H groups in total. The predicted molar refractivity (Wildman–Crippen MR) is 110 cm³/mol. The lowest BCUT2D eigenvalue weighted by atomic mass is 10.2. The summed E-state index contributed by atoms with van der Waals surface area (Å²) in [7, 11) is -4.06. The van der Waals surface area contributed by atoms with Crippen molar-refractivity contribution in [1.82, 2.24) is 10.6 Å². The standard InChI is InChI=1S/C20H22FN3O6S/c1-13(2)11-22-20(27)23-18(25)12-30-19(26)14-4-3-5-17(10-14)31(28,29)24-16-8-6-15(21)7-9-16/h3-10,13,24H,11-12H2,1-2H3,(H2,22,23,25,27). The van der Waals surface area contributed by atoms with E-state index in [1.165, 1.54) is 30.3 Å². The fourth-order valence-corrected chi connectivity index (χ4v) is 3.34. The number of esters is 1. The van der Waals surface area contributed by atoms with Crippen LogP contribution in [0.3, 0.4) is 0 Å². The highest BCUT2D eigenvalue weighted by molar-refractivity contribution is 7.92. The van der Waals surface area contributed by atoms with Crippen LogP contribution >= 0.6 is 0 Å². The summed E-state index contributed by atoms with van der Waals surface area (Å²) in [5.74, 6) is -2.11. The molecule has 0 atom stereocenters. The number of halogens is 1. The molecule has 2 rings (SSSR count). The van der Waals surface area contributed by atoms with E-state index in [0.29, 0.717) is 6.54 Å². The van der Waals surface area contributed by atoms with E-state index in [1.54, 1.807) is 0 Å². The van der Waals surface area contributed by atoms with Crippen LogP contribution in [0.25, 0.3) is 0 Å². The van der Waals surface area contributed by atoms with Crippen LogP contribution in [0.4, 0.5) is 14.9 Å². The van der Waals surface area contributed by atoms with Crippen molar-refractivity contribution in [2.75, 3.05) is 17.9 Å². The summed E-state index contributed by atoms with van der Waals surface area (Å²) < 4.78 is 45.1. The molecule has 0 heterocycles. The minimum absolute atomic E-state index is 0.112. The maximum atomic E-state index is 13.0. The molecule has 166 valence electrons. The van der Waals surface area contributed by atoms with Crippen molar-refractivity contribution in [3.05, 3.63) is 59.9 Å². The highest BCUT2D eigenvalue weighted by Crippen LogP contribution is 2.18. The van der Waals surface area contributed by atoms with Gasteiger partial charge in [-0.1, -0.05) is 19.9 Å². The molecule has 0 spiro atoms. The molecule has 2 aromatic carbocycles. The molecule has 0 aliphatic carbocycles. The molecule has 31 heavy (non-hydrogen) atoms. The van der Waals surface area contributed by atoms with Gasteiger partial charge in [0.05, 0.1) is 10.5 Å². The van der Waals surface area contributed by atoms with Gasteiger partial charge in [0.15, 0.2) is 6.61 Å². The number of imide groups is 1. The molecule has 9 nitrogen and oxygen atoms in total. The molecule has 11 heteroatoms. The van der Waals surface area contributed by atoms with Crippen LogP contribution in [0.1, 0.15) is 24.2 Å². The molecule has 0 bridgehead atoms. The van der Waals surface area contributed by atoms with Gasteiger partial charge >= 0.3 is 12.0 Å². The van der Waals surface area contributed by atoms with Gasteiger partial charge < -0.3 is 10.1 Å². The normalized spacial score (nSPS) is 11.0. The lowest BCUT2D eigenvalue weighted by molar-refractivity contribution is -0.123. The quantitative estimate of drug-likeness (QED) is 0.528. The number of hydrogen-bond acceptors (Lipinski definition) is 6. The zero-order valence-electron chi connectivity index (χ0n) is 16.8. The SMILES string of the molecule is CC(C)CNC(=O)NC(=O)COC(=O)c1cccc(S(=O)(=O)Nc2ccc(F)cc2)c1. The molecular weight excluding hydrogens is 429 g/mol. The Bertz CT molecular complexity index is 1050. The Labute approximate surface area is 179 Å². The first kappa shape index (κ1) is 23.8. The Balaban J connectivity index is 1.97. The summed E-state index contributed by atoms with van der Waals surface area (Å²) in [4.78, 5) is 35.2. The Morgan fingerprint density at radius 2 is 1.74 bits per heavy atom. The summed E-state index contributed by atoms with van der Waals surface area (Å²) in [5.41, 5.74) is 0.0286. The lowest BCUT2D eigenvalue weighted by Crippen LogP contribution is -2.42. The molecule has 0 aromatic heterocycles. The predicted octanol–water partition coefficient (Wildman–Crippen LogP) is 2.27. The molecule has 0 saturated heterocycles. The molecule has 0 radical (unpaired) electrons. The van der Waals surface area contributed by atoms with Gasteiger partial charge in [-0.05, 0) is 48.4 Å². The second-order valence-electron chi connectivity index (χ2n) is 6.87. The summed E-state index contributed by atoms with van der Waals surface area (Å²) in [6, 6.07) is 8.95. The van der Waals surface area contributed by atoms with E-state index in [1.807, 2.05) is 19.2 Å². The van der Waals surface area contributed by atoms with Crippen LogP contribution in [-0.2, 0) is 19.6 Å². The van der Waals surface area contributed by atoms with Crippen molar-refractivity contribution in [3.8, 4) is 0 Å². The van der Waals surface area contributed by atoms with Gasteiger partial charge in [0.2, 0.25) is 0 Å². The zero-order chi connectivity index (χ0) is 23.0. The number of rotatable bonds is 8. The fraction of sp³-hybridized carbons (Fsp3) is 0.250. The Morgan fingerprint density at radius 3 is 2.39 bits per heavy atom. The highest BCUT2D eigenvalue weighted by atomic mass is 32.2. The van der Waals surface area contributed by atoms with Gasteiger partial charge in [-0.15, -0.1) is 0 Å². The lowest BCUT2D eigenvalue weighted by Gasteiger charge is -2.10. The van der Waals surface area contributed by atoms with Gasteiger partial charge in [0.25, 0.3) is 15.9 Å². The molecule has 0 saturated carbocycles. The van der Waals surface area contributed by atoms with Gasteiger partial charge in [-0.3, -0.25) is 14.8 Å². The molecule has 2 aromatic rings.